The number of anilines is 1. The SMILES string of the molecule is COc1ccc2nc(CNc3ccc(CC4SC(=O)NC4=O)cc3)n(C)c2c1. The number of aryl methyl sites for hydroxylation is 1. The topological polar surface area (TPSA) is 85.2 Å². The molecule has 28 heavy (non-hydrogen) atoms. The third kappa shape index (κ3) is 3.68. The van der Waals surface area contributed by atoms with Crippen LogP contribution in [0.15, 0.2) is 42.5 Å². The van der Waals surface area contributed by atoms with Gasteiger partial charge in [0.05, 0.1) is 29.9 Å². The maximum absolute atomic E-state index is 11.7. The highest BCUT2D eigenvalue weighted by molar-refractivity contribution is 8.15. The van der Waals surface area contributed by atoms with E-state index in [-0.39, 0.29) is 16.4 Å². The highest BCUT2D eigenvalue weighted by atomic mass is 32.2. The van der Waals surface area contributed by atoms with E-state index < -0.39 is 0 Å². The van der Waals surface area contributed by atoms with Gasteiger partial charge in [-0.3, -0.25) is 14.9 Å². The summed E-state index contributed by atoms with van der Waals surface area (Å²) in [6.07, 6.45) is 0.537. The van der Waals surface area contributed by atoms with Crippen molar-refractivity contribution in [2.24, 2.45) is 7.05 Å². The van der Waals surface area contributed by atoms with Crippen molar-refractivity contribution >= 4 is 39.6 Å². The molecule has 0 bridgehead atoms. The summed E-state index contributed by atoms with van der Waals surface area (Å²) in [4.78, 5) is 27.6. The number of amides is 2. The van der Waals surface area contributed by atoms with Crippen LogP contribution in [0.3, 0.4) is 0 Å². The van der Waals surface area contributed by atoms with Gasteiger partial charge in [0.2, 0.25) is 5.91 Å². The third-order valence-corrected chi connectivity index (χ3v) is 5.75. The van der Waals surface area contributed by atoms with Gasteiger partial charge in [0.25, 0.3) is 5.24 Å². The number of hydrogen-bond donors (Lipinski definition) is 2. The summed E-state index contributed by atoms with van der Waals surface area (Å²) >= 11 is 1.05. The van der Waals surface area contributed by atoms with Crippen molar-refractivity contribution in [3.63, 3.8) is 0 Å². The molecule has 1 aromatic heterocycles. The monoisotopic (exact) mass is 396 g/mol. The average Bonchev–Trinajstić information content (AvgIpc) is 3.19. The van der Waals surface area contributed by atoms with Crippen molar-refractivity contribution < 1.29 is 14.3 Å². The highest BCUT2D eigenvalue weighted by Gasteiger charge is 2.31. The maximum Gasteiger partial charge on any atom is 0.286 e. The first kappa shape index (κ1) is 18.4. The summed E-state index contributed by atoms with van der Waals surface area (Å²) in [7, 11) is 3.64. The van der Waals surface area contributed by atoms with Crippen LogP contribution in [-0.2, 0) is 24.8 Å². The summed E-state index contributed by atoms with van der Waals surface area (Å²) < 4.78 is 7.33. The molecule has 144 valence electrons. The summed E-state index contributed by atoms with van der Waals surface area (Å²) in [6, 6.07) is 13.7. The molecule has 1 atom stereocenters. The van der Waals surface area contributed by atoms with Crippen LogP contribution in [0.1, 0.15) is 11.4 Å². The fourth-order valence-electron chi connectivity index (χ4n) is 3.19. The predicted octanol–water partition coefficient (Wildman–Crippen LogP) is 3.09. The van der Waals surface area contributed by atoms with Crippen LogP contribution in [0, 0.1) is 0 Å². The molecule has 0 radical (unpaired) electrons. The Bertz CT molecular complexity index is 1050. The van der Waals surface area contributed by atoms with Crippen LogP contribution in [0.4, 0.5) is 10.5 Å². The van der Waals surface area contributed by atoms with Crippen LogP contribution >= 0.6 is 11.8 Å². The number of hydrogen-bond acceptors (Lipinski definition) is 6. The van der Waals surface area contributed by atoms with Gasteiger partial charge in [-0.25, -0.2) is 4.98 Å². The van der Waals surface area contributed by atoms with Crippen molar-refractivity contribution in [3.05, 3.63) is 53.9 Å². The number of carbonyl (C=O) groups excluding carboxylic acids is 2. The Morgan fingerprint density at radius 1 is 1.21 bits per heavy atom. The van der Waals surface area contributed by atoms with E-state index in [1.54, 1.807) is 7.11 Å². The number of nitrogens with one attached hydrogen (secondary N) is 2. The van der Waals surface area contributed by atoms with E-state index in [9.17, 15) is 9.59 Å². The number of rotatable bonds is 6. The third-order valence-electron chi connectivity index (χ3n) is 4.77. The Labute approximate surface area is 166 Å². The summed E-state index contributed by atoms with van der Waals surface area (Å²) in [6.45, 7) is 0.586. The van der Waals surface area contributed by atoms with Gasteiger partial charge in [-0.1, -0.05) is 23.9 Å². The molecule has 2 amide bonds. The molecule has 2 N–H and O–H groups in total. The number of carbonyl (C=O) groups is 2. The molecule has 7 nitrogen and oxygen atoms in total. The number of thioether (sulfide) groups is 1. The van der Waals surface area contributed by atoms with Gasteiger partial charge < -0.3 is 14.6 Å². The van der Waals surface area contributed by atoms with Crippen molar-refractivity contribution in [2.45, 2.75) is 18.2 Å². The minimum atomic E-state index is -0.344. The molecule has 0 spiro atoms. The van der Waals surface area contributed by atoms with Crippen molar-refractivity contribution in [3.8, 4) is 5.75 Å². The number of aromatic nitrogens is 2. The number of methoxy groups -OCH3 is 1. The minimum absolute atomic E-state index is 0.212. The molecule has 0 saturated carbocycles. The largest absolute Gasteiger partial charge is 0.497 e. The molecule has 8 heteroatoms. The smallest absolute Gasteiger partial charge is 0.286 e. The van der Waals surface area contributed by atoms with E-state index in [1.807, 2.05) is 54.1 Å². The zero-order valence-electron chi connectivity index (χ0n) is 15.6. The molecule has 1 unspecified atom stereocenters. The van der Waals surface area contributed by atoms with E-state index in [2.05, 4.69) is 15.6 Å². The van der Waals surface area contributed by atoms with Crippen LogP contribution in [0.5, 0.6) is 5.75 Å². The lowest BCUT2D eigenvalue weighted by Gasteiger charge is -2.09. The zero-order valence-corrected chi connectivity index (χ0v) is 16.4. The first-order valence-electron chi connectivity index (χ1n) is 8.87. The molecule has 2 aromatic carbocycles. The fourth-order valence-corrected chi connectivity index (χ4v) is 4.05. The molecule has 1 fully saturated rings. The first-order chi connectivity index (χ1) is 13.5. The molecule has 0 aliphatic carbocycles. The van der Waals surface area contributed by atoms with Gasteiger partial charge in [-0.2, -0.15) is 0 Å². The molecular formula is C20H20N4O3S. The van der Waals surface area contributed by atoms with E-state index in [1.165, 1.54) is 0 Å². The van der Waals surface area contributed by atoms with Crippen LogP contribution in [0.2, 0.25) is 0 Å². The summed E-state index contributed by atoms with van der Waals surface area (Å²) in [5.41, 5.74) is 3.93. The average molecular weight is 396 g/mol. The van der Waals surface area contributed by atoms with Crippen molar-refractivity contribution in [1.29, 1.82) is 0 Å². The lowest BCUT2D eigenvalue weighted by atomic mass is 10.1. The molecule has 1 aliphatic heterocycles. The number of fused-ring (bicyclic) bond motifs is 1. The molecule has 4 rings (SSSR count). The Morgan fingerprint density at radius 2 is 2.00 bits per heavy atom. The Morgan fingerprint density at radius 3 is 2.68 bits per heavy atom. The van der Waals surface area contributed by atoms with Gasteiger partial charge in [-0.05, 0) is 36.2 Å². The standard InChI is InChI=1S/C20H20N4O3S/c1-24-16-10-14(27-2)7-8-15(16)22-18(24)11-21-13-5-3-12(4-6-13)9-17-19(25)23-20(26)28-17/h3-8,10,17,21H,9,11H2,1-2H3,(H,23,25,26). The molecule has 1 aliphatic rings. The number of imidazole rings is 1. The van der Waals surface area contributed by atoms with Gasteiger partial charge in [0.15, 0.2) is 0 Å². The van der Waals surface area contributed by atoms with Gasteiger partial charge >= 0.3 is 0 Å². The highest BCUT2D eigenvalue weighted by Crippen LogP contribution is 2.24. The van der Waals surface area contributed by atoms with Crippen LogP contribution < -0.4 is 15.4 Å². The Kier molecular flexibility index (Phi) is 4.95. The predicted molar refractivity (Wildman–Crippen MR) is 110 cm³/mol. The number of benzene rings is 2. The lowest BCUT2D eigenvalue weighted by Crippen LogP contribution is -2.25. The van der Waals surface area contributed by atoms with E-state index >= 15 is 0 Å². The summed E-state index contributed by atoms with van der Waals surface area (Å²) in [5, 5.41) is 5.08. The number of imide groups is 1. The molecular weight excluding hydrogens is 376 g/mol. The molecule has 2 heterocycles. The van der Waals surface area contributed by atoms with Crippen LogP contribution in [0.25, 0.3) is 11.0 Å². The van der Waals surface area contributed by atoms with Gasteiger partial charge in [0, 0.05) is 18.8 Å². The van der Waals surface area contributed by atoms with Crippen LogP contribution in [-0.4, -0.2) is 33.1 Å². The number of nitrogens with zero attached hydrogens (tertiary/aromatic N) is 2. The van der Waals surface area contributed by atoms with Crippen molar-refractivity contribution in [2.75, 3.05) is 12.4 Å². The van der Waals surface area contributed by atoms with Gasteiger partial charge in [0.1, 0.15) is 11.6 Å². The zero-order chi connectivity index (χ0) is 19.7. The molecule has 3 aromatic rings. The fraction of sp³-hybridized carbons (Fsp3) is 0.250. The number of ether oxygens (including phenoxy) is 1. The van der Waals surface area contributed by atoms with E-state index in [4.69, 9.17) is 4.74 Å². The maximum atomic E-state index is 11.7. The quantitative estimate of drug-likeness (QED) is 0.666. The lowest BCUT2D eigenvalue weighted by molar-refractivity contribution is -0.118. The normalized spacial score (nSPS) is 16.4. The van der Waals surface area contributed by atoms with Crippen molar-refractivity contribution in [1.82, 2.24) is 14.9 Å². The first-order valence-corrected chi connectivity index (χ1v) is 9.75. The minimum Gasteiger partial charge on any atom is -0.497 e. The second-order valence-electron chi connectivity index (χ2n) is 6.58. The van der Waals surface area contributed by atoms with E-state index in [0.29, 0.717) is 13.0 Å². The summed E-state index contributed by atoms with van der Waals surface area (Å²) in [5.74, 6) is 1.52. The Hall–Kier alpha value is -3.00. The second-order valence-corrected chi connectivity index (χ2v) is 7.76. The second kappa shape index (κ2) is 7.55. The Balaban J connectivity index is 1.41. The van der Waals surface area contributed by atoms with Gasteiger partial charge in [-0.15, -0.1) is 0 Å². The molecule has 1 saturated heterocycles. The van der Waals surface area contributed by atoms with E-state index in [0.717, 1.165) is 45.6 Å².